The number of amides is 1. The summed E-state index contributed by atoms with van der Waals surface area (Å²) in [4.78, 5) is 17.2. The summed E-state index contributed by atoms with van der Waals surface area (Å²) in [7, 11) is 0. The minimum absolute atomic E-state index is 0.190. The molecule has 4 rings (SSSR count). The Bertz CT molecular complexity index is 1210. The molecule has 4 aromatic rings. The first-order valence-corrected chi connectivity index (χ1v) is 10.9. The maximum absolute atomic E-state index is 12.5. The van der Waals surface area contributed by atoms with Gasteiger partial charge in [0.2, 0.25) is 0 Å². The van der Waals surface area contributed by atoms with E-state index in [9.17, 15) is 4.79 Å². The second kappa shape index (κ2) is 8.59. The highest BCUT2D eigenvalue weighted by Gasteiger charge is 2.15. The number of nitrogens with zero attached hydrogens (tertiary/aromatic N) is 1. The zero-order valence-electron chi connectivity index (χ0n) is 14.8. The summed E-state index contributed by atoms with van der Waals surface area (Å²) in [6.45, 7) is 0. The lowest BCUT2D eigenvalue weighted by molar-refractivity contribution is 0.0977. The minimum Gasteiger partial charge on any atom is -0.332 e. The topological polar surface area (TPSA) is 54.0 Å². The van der Waals surface area contributed by atoms with Gasteiger partial charge in [-0.3, -0.25) is 10.1 Å². The summed E-state index contributed by atoms with van der Waals surface area (Å²) >= 11 is 16.5. The zero-order chi connectivity index (χ0) is 20.4. The molecular formula is C21H13BrClN3OS2. The van der Waals surface area contributed by atoms with E-state index in [0.717, 1.165) is 20.8 Å². The van der Waals surface area contributed by atoms with Crippen LogP contribution in [0.2, 0.25) is 5.02 Å². The van der Waals surface area contributed by atoms with Crippen LogP contribution in [0.5, 0.6) is 0 Å². The number of carbonyl (C=O) groups is 1. The average Bonchev–Trinajstić information content (AvgIpc) is 3.13. The number of benzene rings is 3. The molecule has 4 nitrogen and oxygen atoms in total. The highest BCUT2D eigenvalue weighted by Crippen LogP contribution is 2.36. The van der Waals surface area contributed by atoms with E-state index in [0.29, 0.717) is 20.7 Å². The molecule has 0 saturated carbocycles. The van der Waals surface area contributed by atoms with Gasteiger partial charge in [0.25, 0.3) is 5.91 Å². The van der Waals surface area contributed by atoms with E-state index in [-0.39, 0.29) is 11.0 Å². The Hall–Kier alpha value is -2.32. The molecule has 0 aliphatic heterocycles. The molecule has 0 unspecified atom stereocenters. The first kappa shape index (κ1) is 20.0. The fourth-order valence-corrected chi connectivity index (χ4v) is 4.59. The highest BCUT2D eigenvalue weighted by atomic mass is 79.9. The molecule has 0 saturated heterocycles. The maximum Gasteiger partial charge on any atom is 0.258 e. The molecule has 8 heteroatoms. The Labute approximate surface area is 190 Å². The molecule has 2 N–H and O–H groups in total. The number of halogens is 2. The number of carbonyl (C=O) groups excluding carboxylic acids is 1. The van der Waals surface area contributed by atoms with Crippen LogP contribution in [-0.4, -0.2) is 16.0 Å². The van der Waals surface area contributed by atoms with Gasteiger partial charge in [0.1, 0.15) is 5.01 Å². The monoisotopic (exact) mass is 501 g/mol. The standard InChI is InChI=1S/C21H13BrClN3OS2/c22-15-6-2-1-5-13(15)19(27)26-21(28)25-16-10-9-12(23)11-14(16)20-24-17-7-3-4-8-18(17)29-20/h1-11H,(H2,25,26,27,28). The van der Waals surface area contributed by atoms with Gasteiger partial charge in [-0.2, -0.15) is 0 Å². The van der Waals surface area contributed by atoms with Gasteiger partial charge in [-0.15, -0.1) is 11.3 Å². The van der Waals surface area contributed by atoms with E-state index in [1.807, 2.05) is 42.5 Å². The van der Waals surface area contributed by atoms with Crippen molar-refractivity contribution in [3.8, 4) is 10.6 Å². The Morgan fingerprint density at radius 2 is 1.83 bits per heavy atom. The fraction of sp³-hybridized carbons (Fsp3) is 0. The number of anilines is 1. The molecule has 0 radical (unpaired) electrons. The van der Waals surface area contributed by atoms with Gasteiger partial charge in [0.15, 0.2) is 5.11 Å². The molecule has 0 fully saturated rings. The number of rotatable bonds is 3. The number of hydrogen-bond donors (Lipinski definition) is 2. The van der Waals surface area contributed by atoms with Crippen LogP contribution in [0.25, 0.3) is 20.8 Å². The number of nitrogens with one attached hydrogen (secondary N) is 2. The van der Waals surface area contributed by atoms with E-state index in [1.54, 1.807) is 35.6 Å². The molecule has 1 amide bonds. The maximum atomic E-state index is 12.5. The van der Waals surface area contributed by atoms with Crippen molar-refractivity contribution in [3.05, 3.63) is 81.8 Å². The summed E-state index contributed by atoms with van der Waals surface area (Å²) in [6.07, 6.45) is 0. The van der Waals surface area contributed by atoms with Crippen LogP contribution in [0.15, 0.2) is 71.2 Å². The molecule has 0 spiro atoms. The minimum atomic E-state index is -0.300. The van der Waals surface area contributed by atoms with Crippen molar-refractivity contribution in [1.29, 1.82) is 0 Å². The quantitative estimate of drug-likeness (QED) is 0.314. The molecule has 1 heterocycles. The van der Waals surface area contributed by atoms with Crippen LogP contribution in [0.3, 0.4) is 0 Å². The number of fused-ring (bicyclic) bond motifs is 1. The largest absolute Gasteiger partial charge is 0.332 e. The van der Waals surface area contributed by atoms with Crippen molar-refractivity contribution in [2.24, 2.45) is 0 Å². The van der Waals surface area contributed by atoms with Gasteiger partial charge < -0.3 is 5.32 Å². The lowest BCUT2D eigenvalue weighted by atomic mass is 10.2. The van der Waals surface area contributed by atoms with Crippen molar-refractivity contribution >= 4 is 78.0 Å². The molecule has 0 aliphatic rings. The Morgan fingerprint density at radius 3 is 2.62 bits per heavy atom. The summed E-state index contributed by atoms with van der Waals surface area (Å²) in [5.41, 5.74) is 2.95. The third-order valence-corrected chi connectivity index (χ3v) is 6.30. The van der Waals surface area contributed by atoms with Gasteiger partial charge in [-0.05, 0) is 70.6 Å². The average molecular weight is 503 g/mol. The summed E-state index contributed by atoms with van der Waals surface area (Å²) < 4.78 is 1.78. The van der Waals surface area contributed by atoms with Crippen LogP contribution < -0.4 is 10.6 Å². The number of thiazole rings is 1. The van der Waals surface area contributed by atoms with Crippen LogP contribution in [-0.2, 0) is 0 Å². The zero-order valence-corrected chi connectivity index (χ0v) is 18.8. The molecule has 1 aromatic heterocycles. The lowest BCUT2D eigenvalue weighted by Crippen LogP contribution is -2.34. The first-order chi connectivity index (χ1) is 14.0. The molecule has 144 valence electrons. The number of aromatic nitrogens is 1. The van der Waals surface area contributed by atoms with Crippen molar-refractivity contribution in [2.75, 3.05) is 5.32 Å². The van der Waals surface area contributed by atoms with Crippen LogP contribution >= 0.6 is 51.1 Å². The second-order valence-electron chi connectivity index (χ2n) is 6.06. The third kappa shape index (κ3) is 4.48. The Morgan fingerprint density at radius 1 is 1.07 bits per heavy atom. The van der Waals surface area contributed by atoms with E-state index in [1.165, 1.54) is 0 Å². The Kier molecular flexibility index (Phi) is 5.91. The van der Waals surface area contributed by atoms with E-state index >= 15 is 0 Å². The summed E-state index contributed by atoms with van der Waals surface area (Å²) in [6, 6.07) is 20.5. The van der Waals surface area contributed by atoms with Crippen molar-refractivity contribution < 1.29 is 4.79 Å². The van der Waals surface area contributed by atoms with Crippen molar-refractivity contribution in [1.82, 2.24) is 10.3 Å². The van der Waals surface area contributed by atoms with Gasteiger partial charge >= 0.3 is 0 Å². The molecule has 0 bridgehead atoms. The molecule has 0 atom stereocenters. The van der Waals surface area contributed by atoms with Gasteiger partial charge in [-0.1, -0.05) is 35.9 Å². The van der Waals surface area contributed by atoms with Crippen LogP contribution in [0.1, 0.15) is 10.4 Å². The van der Waals surface area contributed by atoms with Crippen LogP contribution in [0.4, 0.5) is 5.69 Å². The van der Waals surface area contributed by atoms with Crippen molar-refractivity contribution in [3.63, 3.8) is 0 Å². The second-order valence-corrected chi connectivity index (χ2v) is 8.79. The van der Waals surface area contributed by atoms with Crippen molar-refractivity contribution in [2.45, 2.75) is 0 Å². The summed E-state index contributed by atoms with van der Waals surface area (Å²) in [5.74, 6) is -0.300. The smallest absolute Gasteiger partial charge is 0.258 e. The molecule has 0 aliphatic carbocycles. The van der Waals surface area contributed by atoms with Gasteiger partial charge in [0.05, 0.1) is 21.5 Å². The molecular weight excluding hydrogens is 490 g/mol. The molecule has 3 aromatic carbocycles. The van der Waals surface area contributed by atoms with E-state index in [4.69, 9.17) is 28.8 Å². The number of thiocarbonyl (C=S) groups is 1. The van der Waals surface area contributed by atoms with Gasteiger partial charge in [0, 0.05) is 15.1 Å². The van der Waals surface area contributed by atoms with E-state index in [2.05, 4.69) is 26.6 Å². The predicted molar refractivity (Wildman–Crippen MR) is 128 cm³/mol. The number of hydrogen-bond acceptors (Lipinski definition) is 4. The Balaban J connectivity index is 1.60. The summed E-state index contributed by atoms with van der Waals surface area (Å²) in [5, 5.41) is 7.40. The normalized spacial score (nSPS) is 10.7. The van der Waals surface area contributed by atoms with E-state index < -0.39 is 0 Å². The fourth-order valence-electron chi connectivity index (χ4n) is 2.76. The van der Waals surface area contributed by atoms with Crippen LogP contribution in [0, 0.1) is 0 Å². The SMILES string of the molecule is O=C(NC(=S)Nc1ccc(Cl)cc1-c1nc2ccccc2s1)c1ccccc1Br. The predicted octanol–water partition coefficient (Wildman–Crippen LogP) is 6.51. The molecule has 29 heavy (non-hydrogen) atoms. The number of para-hydroxylation sites is 1. The highest BCUT2D eigenvalue weighted by molar-refractivity contribution is 9.10. The van der Waals surface area contributed by atoms with Gasteiger partial charge in [-0.25, -0.2) is 4.98 Å². The lowest BCUT2D eigenvalue weighted by Gasteiger charge is -2.13. The first-order valence-electron chi connectivity index (χ1n) is 8.53. The third-order valence-electron chi connectivity index (χ3n) is 4.10.